The first-order chi connectivity index (χ1) is 7.17. The van der Waals surface area contributed by atoms with E-state index >= 15 is 0 Å². The molecule has 0 saturated carbocycles. The normalized spacial score (nSPS) is 12.5. The van der Waals surface area contributed by atoms with Crippen molar-refractivity contribution in [1.82, 2.24) is 0 Å². The number of hydrogen-bond acceptors (Lipinski definition) is 2. The topological polar surface area (TPSA) is 29.5 Å². The first kappa shape index (κ1) is 12.1. The van der Waals surface area contributed by atoms with Crippen molar-refractivity contribution in [2.75, 3.05) is 13.7 Å². The van der Waals surface area contributed by atoms with Crippen molar-refractivity contribution in [2.24, 2.45) is 5.92 Å². The maximum absolute atomic E-state index is 8.86. The summed E-state index contributed by atoms with van der Waals surface area (Å²) in [6.45, 7) is 4.49. The van der Waals surface area contributed by atoms with Gasteiger partial charge in [-0.05, 0) is 37.3 Å². The number of benzene rings is 1. The molecular weight excluding hydrogens is 188 g/mol. The zero-order chi connectivity index (χ0) is 11.3. The van der Waals surface area contributed by atoms with Crippen LogP contribution in [-0.4, -0.2) is 18.8 Å². The largest absolute Gasteiger partial charge is 0.496 e. The van der Waals surface area contributed by atoms with Gasteiger partial charge in [-0.2, -0.15) is 0 Å². The predicted molar refractivity (Wildman–Crippen MR) is 62.3 cm³/mol. The van der Waals surface area contributed by atoms with Crippen molar-refractivity contribution < 1.29 is 9.84 Å². The Morgan fingerprint density at radius 2 is 2.13 bits per heavy atom. The Morgan fingerprint density at radius 3 is 2.73 bits per heavy atom. The van der Waals surface area contributed by atoms with Crippen molar-refractivity contribution in [3.63, 3.8) is 0 Å². The first-order valence-corrected chi connectivity index (χ1v) is 5.41. The van der Waals surface area contributed by atoms with E-state index in [0.717, 1.165) is 18.6 Å². The summed E-state index contributed by atoms with van der Waals surface area (Å²) >= 11 is 0. The fourth-order valence-electron chi connectivity index (χ4n) is 1.76. The molecule has 0 amide bonds. The molecule has 15 heavy (non-hydrogen) atoms. The third kappa shape index (κ3) is 3.56. The van der Waals surface area contributed by atoms with E-state index in [0.29, 0.717) is 5.92 Å². The molecule has 0 aliphatic heterocycles. The number of hydrogen-bond donors (Lipinski definition) is 1. The molecule has 2 heteroatoms. The monoisotopic (exact) mass is 208 g/mol. The molecule has 2 nitrogen and oxygen atoms in total. The van der Waals surface area contributed by atoms with E-state index in [1.54, 1.807) is 7.11 Å². The van der Waals surface area contributed by atoms with E-state index < -0.39 is 0 Å². The van der Waals surface area contributed by atoms with E-state index in [9.17, 15) is 0 Å². The molecule has 0 radical (unpaired) electrons. The van der Waals surface area contributed by atoms with Crippen LogP contribution in [0.1, 0.15) is 24.5 Å². The summed E-state index contributed by atoms with van der Waals surface area (Å²) in [6, 6.07) is 6.22. The molecule has 0 fully saturated rings. The first-order valence-electron chi connectivity index (χ1n) is 5.41. The molecule has 1 aromatic carbocycles. The Kier molecular flexibility index (Phi) is 4.63. The van der Waals surface area contributed by atoms with Crippen molar-refractivity contribution in [1.29, 1.82) is 0 Å². The van der Waals surface area contributed by atoms with Crippen LogP contribution in [0.4, 0.5) is 0 Å². The summed E-state index contributed by atoms with van der Waals surface area (Å²) in [6.07, 6.45) is 1.81. The van der Waals surface area contributed by atoms with E-state index in [4.69, 9.17) is 9.84 Å². The average molecular weight is 208 g/mol. The number of aliphatic hydroxyl groups excluding tert-OH is 1. The molecule has 0 bridgehead atoms. The number of aryl methyl sites for hydroxylation is 1. The summed E-state index contributed by atoms with van der Waals surface area (Å²) < 4.78 is 5.32. The zero-order valence-electron chi connectivity index (χ0n) is 9.79. The van der Waals surface area contributed by atoms with Gasteiger partial charge in [-0.15, -0.1) is 0 Å². The Morgan fingerprint density at radius 1 is 1.40 bits per heavy atom. The van der Waals surface area contributed by atoms with Crippen LogP contribution < -0.4 is 4.74 Å². The van der Waals surface area contributed by atoms with E-state index in [1.807, 2.05) is 6.07 Å². The summed E-state index contributed by atoms with van der Waals surface area (Å²) in [5.74, 6) is 1.44. The molecule has 0 aromatic heterocycles. The van der Waals surface area contributed by atoms with Gasteiger partial charge < -0.3 is 9.84 Å². The van der Waals surface area contributed by atoms with Crippen LogP contribution in [-0.2, 0) is 6.42 Å². The van der Waals surface area contributed by atoms with Gasteiger partial charge in [0.2, 0.25) is 0 Å². The molecule has 1 atom stereocenters. The highest BCUT2D eigenvalue weighted by atomic mass is 16.5. The fraction of sp³-hybridized carbons (Fsp3) is 0.538. The SMILES string of the molecule is COc1ccc(C)cc1CC(C)CCO. The standard InChI is InChI=1S/C13H20O2/c1-10-4-5-13(15-3)12(8-10)9-11(2)6-7-14/h4-5,8,11,14H,6-7,9H2,1-3H3. The van der Waals surface area contributed by atoms with Crippen LogP contribution in [0.3, 0.4) is 0 Å². The Balaban J connectivity index is 2.77. The van der Waals surface area contributed by atoms with Gasteiger partial charge in [-0.25, -0.2) is 0 Å². The van der Waals surface area contributed by atoms with E-state index in [2.05, 4.69) is 26.0 Å². The van der Waals surface area contributed by atoms with Crippen LogP contribution in [0.5, 0.6) is 5.75 Å². The highest BCUT2D eigenvalue weighted by Crippen LogP contribution is 2.23. The Bertz CT molecular complexity index is 307. The van der Waals surface area contributed by atoms with Crippen LogP contribution in [0.25, 0.3) is 0 Å². The summed E-state index contributed by atoms with van der Waals surface area (Å²) in [4.78, 5) is 0. The Hall–Kier alpha value is -1.02. The lowest BCUT2D eigenvalue weighted by atomic mass is 9.96. The lowest BCUT2D eigenvalue weighted by molar-refractivity contribution is 0.261. The molecule has 0 saturated heterocycles. The minimum absolute atomic E-state index is 0.259. The molecule has 1 aromatic rings. The molecule has 0 heterocycles. The van der Waals surface area contributed by atoms with Crippen LogP contribution >= 0.6 is 0 Å². The second-order valence-electron chi connectivity index (χ2n) is 4.14. The highest BCUT2D eigenvalue weighted by Gasteiger charge is 2.08. The van der Waals surface area contributed by atoms with E-state index in [1.165, 1.54) is 11.1 Å². The fourth-order valence-corrected chi connectivity index (χ4v) is 1.76. The van der Waals surface area contributed by atoms with Crippen molar-refractivity contribution in [2.45, 2.75) is 26.7 Å². The van der Waals surface area contributed by atoms with Gasteiger partial charge in [0.25, 0.3) is 0 Å². The number of ether oxygens (including phenoxy) is 1. The lowest BCUT2D eigenvalue weighted by Crippen LogP contribution is -2.04. The van der Waals surface area contributed by atoms with Gasteiger partial charge in [0.05, 0.1) is 7.11 Å². The second-order valence-corrected chi connectivity index (χ2v) is 4.14. The molecule has 0 spiro atoms. The third-order valence-corrected chi connectivity index (χ3v) is 2.63. The number of methoxy groups -OCH3 is 1. The number of rotatable bonds is 5. The second kappa shape index (κ2) is 5.76. The van der Waals surface area contributed by atoms with Gasteiger partial charge in [-0.3, -0.25) is 0 Å². The predicted octanol–water partition coefficient (Wildman–Crippen LogP) is 2.56. The van der Waals surface area contributed by atoms with Gasteiger partial charge in [0.1, 0.15) is 5.75 Å². The molecule has 0 aliphatic rings. The van der Waals surface area contributed by atoms with Crippen LogP contribution in [0, 0.1) is 12.8 Å². The van der Waals surface area contributed by atoms with Gasteiger partial charge in [-0.1, -0.05) is 24.6 Å². The maximum atomic E-state index is 8.86. The highest BCUT2D eigenvalue weighted by molar-refractivity contribution is 5.37. The minimum atomic E-state index is 0.259. The van der Waals surface area contributed by atoms with Crippen LogP contribution in [0.15, 0.2) is 18.2 Å². The molecule has 0 aliphatic carbocycles. The van der Waals surface area contributed by atoms with Crippen LogP contribution in [0.2, 0.25) is 0 Å². The summed E-state index contributed by atoms with van der Waals surface area (Å²) in [5, 5.41) is 8.86. The van der Waals surface area contributed by atoms with Gasteiger partial charge in [0.15, 0.2) is 0 Å². The third-order valence-electron chi connectivity index (χ3n) is 2.63. The summed E-state index contributed by atoms with van der Waals surface area (Å²) in [7, 11) is 1.70. The zero-order valence-corrected chi connectivity index (χ0v) is 9.79. The van der Waals surface area contributed by atoms with Gasteiger partial charge in [0, 0.05) is 6.61 Å². The molecule has 1 N–H and O–H groups in total. The quantitative estimate of drug-likeness (QED) is 0.806. The van der Waals surface area contributed by atoms with Crippen molar-refractivity contribution in [3.8, 4) is 5.75 Å². The summed E-state index contributed by atoms with van der Waals surface area (Å²) in [5.41, 5.74) is 2.49. The molecule has 1 rings (SSSR count). The van der Waals surface area contributed by atoms with Crippen molar-refractivity contribution in [3.05, 3.63) is 29.3 Å². The maximum Gasteiger partial charge on any atom is 0.122 e. The molecule has 1 unspecified atom stereocenters. The van der Waals surface area contributed by atoms with Gasteiger partial charge >= 0.3 is 0 Å². The smallest absolute Gasteiger partial charge is 0.122 e. The Labute approximate surface area is 91.9 Å². The molecule has 84 valence electrons. The molecular formula is C13H20O2. The lowest BCUT2D eigenvalue weighted by Gasteiger charge is -2.13. The van der Waals surface area contributed by atoms with Crippen molar-refractivity contribution >= 4 is 0 Å². The minimum Gasteiger partial charge on any atom is -0.496 e. The number of aliphatic hydroxyl groups is 1. The average Bonchev–Trinajstić information content (AvgIpc) is 2.18. The van der Waals surface area contributed by atoms with E-state index in [-0.39, 0.29) is 6.61 Å².